The van der Waals surface area contributed by atoms with Gasteiger partial charge in [0.25, 0.3) is 0 Å². The van der Waals surface area contributed by atoms with Gasteiger partial charge in [-0.3, -0.25) is 0 Å². The minimum atomic E-state index is -0.275. The van der Waals surface area contributed by atoms with Gasteiger partial charge in [0, 0.05) is 6.04 Å². The number of hydrogen-bond donors (Lipinski definition) is 2. The average molecular weight is 286 g/mol. The van der Waals surface area contributed by atoms with Gasteiger partial charge in [0.1, 0.15) is 5.82 Å². The number of nitrogens with one attached hydrogen (secondary N) is 1. The molecule has 0 spiro atoms. The van der Waals surface area contributed by atoms with Crippen LogP contribution in [0.2, 0.25) is 0 Å². The molecule has 3 nitrogen and oxygen atoms in total. The molecule has 0 radical (unpaired) electrons. The van der Waals surface area contributed by atoms with Crippen molar-refractivity contribution < 1.29 is 9.13 Å². The van der Waals surface area contributed by atoms with Crippen LogP contribution in [-0.4, -0.2) is 12.1 Å². The van der Waals surface area contributed by atoms with E-state index in [-0.39, 0.29) is 11.9 Å². The van der Waals surface area contributed by atoms with Crippen molar-refractivity contribution in [1.82, 2.24) is 0 Å². The van der Waals surface area contributed by atoms with E-state index in [0.29, 0.717) is 24.0 Å². The maximum atomic E-state index is 13.2. The van der Waals surface area contributed by atoms with E-state index in [2.05, 4.69) is 17.4 Å². The smallest absolute Gasteiger partial charge is 0.125 e. The molecule has 1 aliphatic rings. The van der Waals surface area contributed by atoms with Crippen LogP contribution in [0, 0.1) is 5.82 Å². The Morgan fingerprint density at radius 2 is 1.90 bits per heavy atom. The topological polar surface area (TPSA) is 47.3 Å². The summed E-state index contributed by atoms with van der Waals surface area (Å²) in [5, 5.41) is 3.27. The van der Waals surface area contributed by atoms with Crippen molar-refractivity contribution in [3.63, 3.8) is 0 Å². The van der Waals surface area contributed by atoms with E-state index < -0.39 is 0 Å². The predicted molar refractivity (Wildman–Crippen MR) is 82.5 cm³/mol. The van der Waals surface area contributed by atoms with Crippen LogP contribution in [-0.2, 0) is 11.3 Å². The van der Waals surface area contributed by atoms with Crippen LogP contribution < -0.4 is 11.1 Å². The van der Waals surface area contributed by atoms with Gasteiger partial charge in [-0.05, 0) is 36.6 Å². The normalized spacial score (nSPS) is 20.8. The highest BCUT2D eigenvalue weighted by molar-refractivity contribution is 5.66. The molecule has 110 valence electrons. The highest BCUT2D eigenvalue weighted by atomic mass is 19.1. The van der Waals surface area contributed by atoms with Crippen molar-refractivity contribution >= 4 is 11.4 Å². The molecule has 0 bridgehead atoms. The Kier molecular flexibility index (Phi) is 4.06. The Bertz CT molecular complexity index is 597. The lowest BCUT2D eigenvalue weighted by Crippen LogP contribution is -2.40. The van der Waals surface area contributed by atoms with Crippen LogP contribution in [0.4, 0.5) is 15.8 Å². The van der Waals surface area contributed by atoms with Gasteiger partial charge in [-0.2, -0.15) is 0 Å². The third-order valence-electron chi connectivity index (χ3n) is 3.80. The van der Waals surface area contributed by atoms with Crippen molar-refractivity contribution in [3.05, 3.63) is 59.9 Å². The molecule has 0 unspecified atom stereocenters. The molecule has 1 saturated carbocycles. The van der Waals surface area contributed by atoms with Gasteiger partial charge in [-0.15, -0.1) is 0 Å². The quantitative estimate of drug-likeness (QED) is 0.826. The van der Waals surface area contributed by atoms with Crippen molar-refractivity contribution in [1.29, 1.82) is 0 Å². The van der Waals surface area contributed by atoms with Crippen molar-refractivity contribution in [3.8, 4) is 0 Å². The summed E-state index contributed by atoms with van der Waals surface area (Å²) in [4.78, 5) is 0. The lowest BCUT2D eigenvalue weighted by molar-refractivity contribution is -0.0150. The largest absolute Gasteiger partial charge is 0.397 e. The van der Waals surface area contributed by atoms with E-state index in [0.717, 1.165) is 12.8 Å². The average Bonchev–Trinajstić information content (AvgIpc) is 2.46. The first-order chi connectivity index (χ1) is 10.2. The zero-order chi connectivity index (χ0) is 14.7. The Labute approximate surface area is 123 Å². The van der Waals surface area contributed by atoms with Crippen LogP contribution in [0.1, 0.15) is 18.4 Å². The first-order valence-electron chi connectivity index (χ1n) is 7.18. The summed E-state index contributed by atoms with van der Waals surface area (Å²) in [6.45, 7) is 0.639. The van der Waals surface area contributed by atoms with E-state index in [1.807, 2.05) is 18.2 Å². The molecule has 21 heavy (non-hydrogen) atoms. The molecule has 0 aliphatic heterocycles. The number of nitrogens with two attached hydrogens (primary N) is 1. The molecule has 4 heteroatoms. The fourth-order valence-corrected chi connectivity index (χ4v) is 2.48. The zero-order valence-electron chi connectivity index (χ0n) is 11.8. The number of hydrogen-bond acceptors (Lipinski definition) is 3. The summed E-state index contributed by atoms with van der Waals surface area (Å²) in [6.07, 6.45) is 2.10. The zero-order valence-corrected chi connectivity index (χ0v) is 11.8. The standard InChI is InChI=1S/C17H19FN2O/c18-13-6-7-16(19)17(8-13)20-14-9-15(10-14)21-11-12-4-2-1-3-5-12/h1-8,14-15,20H,9-11,19H2/t14-,15-. The third kappa shape index (κ3) is 3.52. The minimum absolute atomic E-state index is 0.262. The second kappa shape index (κ2) is 6.14. The highest BCUT2D eigenvalue weighted by Gasteiger charge is 2.30. The molecule has 0 aromatic heterocycles. The molecule has 3 rings (SSSR count). The molecule has 0 saturated heterocycles. The molecule has 1 fully saturated rings. The Morgan fingerprint density at radius 3 is 2.67 bits per heavy atom. The van der Waals surface area contributed by atoms with Crippen LogP contribution >= 0.6 is 0 Å². The Morgan fingerprint density at radius 1 is 1.14 bits per heavy atom. The first-order valence-corrected chi connectivity index (χ1v) is 7.18. The predicted octanol–water partition coefficient (Wildman–Crippen LogP) is 3.57. The van der Waals surface area contributed by atoms with E-state index in [1.54, 1.807) is 6.07 Å². The number of ether oxygens (including phenoxy) is 1. The SMILES string of the molecule is Nc1ccc(F)cc1N[C@H]1C[C@H](OCc2ccccc2)C1. The lowest BCUT2D eigenvalue weighted by Gasteiger charge is -2.36. The van der Waals surface area contributed by atoms with Gasteiger partial charge >= 0.3 is 0 Å². The van der Waals surface area contributed by atoms with E-state index in [4.69, 9.17) is 10.5 Å². The molecular weight excluding hydrogens is 267 g/mol. The number of rotatable bonds is 5. The highest BCUT2D eigenvalue weighted by Crippen LogP contribution is 2.30. The van der Waals surface area contributed by atoms with Crippen LogP contribution in [0.5, 0.6) is 0 Å². The van der Waals surface area contributed by atoms with Gasteiger partial charge in [-0.1, -0.05) is 30.3 Å². The first kappa shape index (κ1) is 13.9. The summed E-state index contributed by atoms with van der Waals surface area (Å²) < 4.78 is 19.0. The molecule has 0 amide bonds. The molecule has 0 heterocycles. The molecule has 1 aliphatic carbocycles. The van der Waals surface area contributed by atoms with Gasteiger partial charge in [-0.25, -0.2) is 4.39 Å². The number of halogens is 1. The van der Waals surface area contributed by atoms with Gasteiger partial charge in [0.15, 0.2) is 0 Å². The van der Waals surface area contributed by atoms with Crippen LogP contribution in [0.25, 0.3) is 0 Å². The van der Waals surface area contributed by atoms with E-state index in [1.165, 1.54) is 17.7 Å². The maximum absolute atomic E-state index is 13.2. The summed E-state index contributed by atoms with van der Waals surface area (Å²) >= 11 is 0. The van der Waals surface area contributed by atoms with Gasteiger partial charge < -0.3 is 15.8 Å². The molecule has 2 aromatic carbocycles. The Hall–Kier alpha value is -2.07. The number of benzene rings is 2. The van der Waals surface area contributed by atoms with Crippen molar-refractivity contribution in [2.75, 3.05) is 11.1 Å². The summed E-state index contributed by atoms with van der Waals surface area (Å²) in [5.74, 6) is -0.275. The second-order valence-corrected chi connectivity index (χ2v) is 5.46. The van der Waals surface area contributed by atoms with Gasteiger partial charge in [0.05, 0.1) is 24.1 Å². The molecule has 2 aromatic rings. The monoisotopic (exact) mass is 286 g/mol. The minimum Gasteiger partial charge on any atom is -0.397 e. The molecule has 0 atom stereocenters. The Balaban J connectivity index is 1.45. The molecular formula is C17H19FN2O. The summed E-state index contributed by atoms with van der Waals surface area (Å²) in [5.41, 5.74) is 8.25. The van der Waals surface area contributed by atoms with Crippen LogP contribution in [0.15, 0.2) is 48.5 Å². The second-order valence-electron chi connectivity index (χ2n) is 5.46. The molecule has 3 N–H and O–H groups in total. The number of nitrogen functional groups attached to an aromatic ring is 1. The summed E-state index contributed by atoms with van der Waals surface area (Å²) in [7, 11) is 0. The maximum Gasteiger partial charge on any atom is 0.125 e. The van der Waals surface area contributed by atoms with E-state index >= 15 is 0 Å². The fourth-order valence-electron chi connectivity index (χ4n) is 2.48. The fraction of sp³-hybridized carbons (Fsp3) is 0.294. The summed E-state index contributed by atoms with van der Waals surface area (Å²) in [6, 6.07) is 14.8. The van der Waals surface area contributed by atoms with Crippen molar-refractivity contribution in [2.45, 2.75) is 31.6 Å². The van der Waals surface area contributed by atoms with Crippen molar-refractivity contribution in [2.24, 2.45) is 0 Å². The van der Waals surface area contributed by atoms with E-state index in [9.17, 15) is 4.39 Å². The lowest BCUT2D eigenvalue weighted by atomic mass is 9.89. The van der Waals surface area contributed by atoms with Gasteiger partial charge in [0.2, 0.25) is 0 Å². The third-order valence-corrected chi connectivity index (χ3v) is 3.80. The number of anilines is 2. The van der Waals surface area contributed by atoms with Crippen LogP contribution in [0.3, 0.4) is 0 Å².